The Morgan fingerprint density at radius 1 is 1.55 bits per heavy atom. The molecule has 0 aromatic carbocycles. The van der Waals surface area contributed by atoms with Crippen molar-refractivity contribution < 1.29 is 4.42 Å². The van der Waals surface area contributed by atoms with Crippen molar-refractivity contribution in [3.63, 3.8) is 0 Å². The fraction of sp³-hybridized carbons (Fsp3) is 0. The molecule has 0 amide bonds. The van der Waals surface area contributed by atoms with Gasteiger partial charge in [0.2, 0.25) is 5.88 Å². The van der Waals surface area contributed by atoms with Gasteiger partial charge in [0.25, 0.3) is 0 Å². The Kier molecular flexibility index (Phi) is 1.15. The number of rotatable bonds is 1. The SMILES string of the molecule is Nc1ccn(-c2cnco2)n1. The monoisotopic (exact) mass is 150 g/mol. The van der Waals surface area contributed by atoms with Crippen molar-refractivity contribution in [1.29, 1.82) is 0 Å². The van der Waals surface area contributed by atoms with E-state index in [0.29, 0.717) is 11.7 Å². The van der Waals surface area contributed by atoms with Gasteiger partial charge in [-0.25, -0.2) is 9.67 Å². The quantitative estimate of drug-likeness (QED) is 0.640. The van der Waals surface area contributed by atoms with Gasteiger partial charge in [-0.3, -0.25) is 0 Å². The summed E-state index contributed by atoms with van der Waals surface area (Å²) in [6.45, 7) is 0. The van der Waals surface area contributed by atoms with Crippen LogP contribution in [0.15, 0.2) is 29.3 Å². The molecule has 0 aliphatic heterocycles. The third kappa shape index (κ3) is 0.958. The number of nitrogens with zero attached hydrogens (tertiary/aromatic N) is 3. The van der Waals surface area contributed by atoms with Crippen LogP contribution in [0.2, 0.25) is 0 Å². The molecular formula is C6H6N4O. The maximum atomic E-state index is 5.39. The van der Waals surface area contributed by atoms with Gasteiger partial charge in [-0.05, 0) is 0 Å². The van der Waals surface area contributed by atoms with Gasteiger partial charge in [0.15, 0.2) is 6.39 Å². The maximum absolute atomic E-state index is 5.39. The van der Waals surface area contributed by atoms with Crippen LogP contribution in [0.5, 0.6) is 0 Å². The Labute approximate surface area is 62.4 Å². The first-order valence-corrected chi connectivity index (χ1v) is 3.06. The van der Waals surface area contributed by atoms with Crippen LogP contribution in [-0.2, 0) is 0 Å². The van der Waals surface area contributed by atoms with E-state index in [4.69, 9.17) is 10.2 Å². The highest BCUT2D eigenvalue weighted by molar-refractivity contribution is 5.27. The standard InChI is InChI=1S/C6H6N4O/c7-5-1-2-10(9-5)6-3-8-4-11-6/h1-4H,(H2,7,9). The fourth-order valence-corrected chi connectivity index (χ4v) is 0.783. The Bertz CT molecular complexity index is 337. The zero-order valence-electron chi connectivity index (χ0n) is 5.64. The average Bonchev–Trinajstić information content (AvgIpc) is 2.55. The van der Waals surface area contributed by atoms with Crippen molar-refractivity contribution in [2.75, 3.05) is 5.73 Å². The van der Waals surface area contributed by atoms with E-state index in [-0.39, 0.29) is 0 Å². The summed E-state index contributed by atoms with van der Waals surface area (Å²) < 4.78 is 6.48. The first-order valence-electron chi connectivity index (χ1n) is 3.06. The lowest BCUT2D eigenvalue weighted by atomic mass is 10.7. The molecule has 2 N–H and O–H groups in total. The van der Waals surface area contributed by atoms with E-state index in [0.717, 1.165) is 0 Å². The van der Waals surface area contributed by atoms with Crippen LogP contribution in [0.1, 0.15) is 0 Å². The first kappa shape index (κ1) is 5.96. The van der Waals surface area contributed by atoms with E-state index in [2.05, 4.69) is 10.1 Å². The predicted octanol–water partition coefficient (Wildman–Crippen LogP) is 0.442. The number of nitrogens with two attached hydrogens (primary N) is 1. The molecule has 0 saturated carbocycles. The summed E-state index contributed by atoms with van der Waals surface area (Å²) >= 11 is 0. The maximum Gasteiger partial charge on any atom is 0.240 e. The number of anilines is 1. The molecule has 0 unspecified atom stereocenters. The molecule has 0 atom stereocenters. The third-order valence-corrected chi connectivity index (χ3v) is 1.25. The minimum atomic E-state index is 0.460. The number of aromatic nitrogens is 3. The zero-order chi connectivity index (χ0) is 7.68. The minimum absolute atomic E-state index is 0.460. The van der Waals surface area contributed by atoms with E-state index < -0.39 is 0 Å². The lowest BCUT2D eigenvalue weighted by molar-refractivity contribution is 0.517. The van der Waals surface area contributed by atoms with Gasteiger partial charge in [0.1, 0.15) is 5.82 Å². The largest absolute Gasteiger partial charge is 0.426 e. The second-order valence-electron chi connectivity index (χ2n) is 2.02. The molecule has 0 bridgehead atoms. The average molecular weight is 150 g/mol. The Morgan fingerprint density at radius 2 is 2.45 bits per heavy atom. The summed E-state index contributed by atoms with van der Waals surface area (Å²) in [5, 5.41) is 3.91. The Balaban J connectivity index is 2.45. The molecule has 5 nitrogen and oxygen atoms in total. The van der Waals surface area contributed by atoms with Crippen molar-refractivity contribution in [2.24, 2.45) is 0 Å². The van der Waals surface area contributed by atoms with Crippen LogP contribution < -0.4 is 5.73 Å². The van der Waals surface area contributed by atoms with Crippen LogP contribution in [-0.4, -0.2) is 14.8 Å². The Hall–Kier alpha value is -1.78. The number of oxazole rings is 1. The van der Waals surface area contributed by atoms with E-state index in [1.165, 1.54) is 11.1 Å². The van der Waals surface area contributed by atoms with E-state index in [1.54, 1.807) is 18.5 Å². The molecule has 56 valence electrons. The van der Waals surface area contributed by atoms with Crippen LogP contribution in [0.25, 0.3) is 5.88 Å². The van der Waals surface area contributed by atoms with E-state index in [1.807, 2.05) is 0 Å². The highest BCUT2D eigenvalue weighted by Gasteiger charge is 1.99. The van der Waals surface area contributed by atoms with Gasteiger partial charge in [0, 0.05) is 12.3 Å². The molecule has 5 heteroatoms. The molecule has 2 aromatic heterocycles. The van der Waals surface area contributed by atoms with Crippen molar-refractivity contribution in [3.8, 4) is 5.88 Å². The van der Waals surface area contributed by atoms with Gasteiger partial charge < -0.3 is 10.2 Å². The van der Waals surface area contributed by atoms with Crippen molar-refractivity contribution in [3.05, 3.63) is 24.9 Å². The molecule has 0 radical (unpaired) electrons. The zero-order valence-corrected chi connectivity index (χ0v) is 5.64. The van der Waals surface area contributed by atoms with Gasteiger partial charge in [-0.2, -0.15) is 0 Å². The van der Waals surface area contributed by atoms with Gasteiger partial charge in [-0.15, -0.1) is 5.10 Å². The highest BCUT2D eigenvalue weighted by Crippen LogP contribution is 2.05. The topological polar surface area (TPSA) is 69.9 Å². The lowest BCUT2D eigenvalue weighted by Gasteiger charge is -1.90. The van der Waals surface area contributed by atoms with Gasteiger partial charge in [-0.1, -0.05) is 0 Å². The second kappa shape index (κ2) is 2.12. The number of nitrogen functional groups attached to an aromatic ring is 1. The van der Waals surface area contributed by atoms with E-state index in [9.17, 15) is 0 Å². The molecule has 2 heterocycles. The van der Waals surface area contributed by atoms with Crippen LogP contribution in [0.4, 0.5) is 5.82 Å². The van der Waals surface area contributed by atoms with Crippen molar-refractivity contribution in [2.45, 2.75) is 0 Å². The fourth-order valence-electron chi connectivity index (χ4n) is 0.783. The molecule has 2 aromatic rings. The van der Waals surface area contributed by atoms with Crippen molar-refractivity contribution in [1.82, 2.24) is 14.8 Å². The smallest absolute Gasteiger partial charge is 0.240 e. The summed E-state index contributed by atoms with van der Waals surface area (Å²) in [6.07, 6.45) is 4.61. The molecule has 11 heavy (non-hydrogen) atoms. The second-order valence-corrected chi connectivity index (χ2v) is 2.02. The minimum Gasteiger partial charge on any atom is -0.426 e. The molecule has 0 saturated heterocycles. The third-order valence-electron chi connectivity index (χ3n) is 1.25. The predicted molar refractivity (Wildman–Crippen MR) is 38.0 cm³/mol. The lowest BCUT2D eigenvalue weighted by Crippen LogP contribution is -1.93. The van der Waals surface area contributed by atoms with Gasteiger partial charge in [0.05, 0.1) is 6.20 Å². The van der Waals surface area contributed by atoms with E-state index >= 15 is 0 Å². The number of hydrogen-bond donors (Lipinski definition) is 1. The Morgan fingerprint density at radius 3 is 3.00 bits per heavy atom. The molecule has 0 fully saturated rings. The summed E-state index contributed by atoms with van der Waals surface area (Å²) in [6, 6.07) is 1.68. The highest BCUT2D eigenvalue weighted by atomic mass is 16.4. The normalized spacial score (nSPS) is 10.2. The first-order chi connectivity index (χ1) is 5.36. The summed E-state index contributed by atoms with van der Waals surface area (Å²) in [5.41, 5.74) is 5.39. The van der Waals surface area contributed by atoms with Crippen LogP contribution in [0, 0.1) is 0 Å². The number of hydrogen-bond acceptors (Lipinski definition) is 4. The molecule has 0 aliphatic rings. The summed E-state index contributed by atoms with van der Waals surface area (Å²) in [7, 11) is 0. The van der Waals surface area contributed by atoms with Crippen LogP contribution in [0.3, 0.4) is 0 Å². The molecule has 0 spiro atoms. The van der Waals surface area contributed by atoms with Gasteiger partial charge >= 0.3 is 0 Å². The molecular weight excluding hydrogens is 144 g/mol. The van der Waals surface area contributed by atoms with Crippen molar-refractivity contribution >= 4 is 5.82 Å². The summed E-state index contributed by atoms with van der Waals surface area (Å²) in [5.74, 6) is 1.02. The molecule has 2 rings (SSSR count). The molecule has 0 aliphatic carbocycles. The van der Waals surface area contributed by atoms with Crippen LogP contribution >= 0.6 is 0 Å². The summed E-state index contributed by atoms with van der Waals surface area (Å²) in [4.78, 5) is 3.74.